The molecule has 1 heterocycles. The quantitative estimate of drug-likeness (QED) is 0.586. The smallest absolute Gasteiger partial charge is 0.206 e. The minimum Gasteiger partial charge on any atom is -0.504 e. The van der Waals surface area contributed by atoms with E-state index < -0.39 is 0 Å². The summed E-state index contributed by atoms with van der Waals surface area (Å²) >= 11 is 0. The van der Waals surface area contributed by atoms with Gasteiger partial charge in [-0.25, -0.2) is 0 Å². The summed E-state index contributed by atoms with van der Waals surface area (Å²) in [7, 11) is 0. The molecule has 2 N–H and O–H groups in total. The maximum Gasteiger partial charge on any atom is 0.206 e. The Balaban J connectivity index is 2.53. The van der Waals surface area contributed by atoms with Crippen LogP contribution in [0.5, 0.6) is 11.5 Å². The van der Waals surface area contributed by atoms with E-state index in [0.29, 0.717) is 6.54 Å². The number of carbonyl (C=O) groups excluding carboxylic acids is 1. The Kier molecular flexibility index (Phi) is 2.48. The van der Waals surface area contributed by atoms with Gasteiger partial charge in [0, 0.05) is 18.4 Å². The molecule has 82 valence electrons. The number of hydrogen-bond donors (Lipinski definition) is 2. The molecule has 0 atom stereocenters. The molecule has 0 aliphatic carbocycles. The summed E-state index contributed by atoms with van der Waals surface area (Å²) in [4.78, 5) is 11.0. The number of carbonyl (C=O) groups is 1. The number of rotatable bonds is 2. The first kappa shape index (κ1) is 10.4. The zero-order chi connectivity index (χ0) is 11.7. The molecular formula is C12H12NO3+. The van der Waals surface area contributed by atoms with Crippen LogP contribution in [0.2, 0.25) is 0 Å². The Bertz CT molecular complexity index is 563. The number of aromatic hydroxyl groups is 2. The summed E-state index contributed by atoms with van der Waals surface area (Å²) in [5.74, 6) is -0.239. The SMILES string of the molecule is CC(=O)C[n+]1ccc2cc(O)c(O)cc2c1. The third kappa shape index (κ3) is 1.95. The zero-order valence-electron chi connectivity index (χ0n) is 8.84. The van der Waals surface area contributed by atoms with Gasteiger partial charge in [0.15, 0.2) is 29.7 Å². The van der Waals surface area contributed by atoms with Crippen LogP contribution in [0.1, 0.15) is 6.92 Å². The number of nitrogens with zero attached hydrogens (tertiary/aromatic N) is 1. The number of Topliss-reactive ketones (excluding diaryl/α,β-unsaturated/α-hetero) is 1. The molecule has 0 bridgehead atoms. The van der Waals surface area contributed by atoms with Gasteiger partial charge in [-0.2, -0.15) is 4.57 Å². The topological polar surface area (TPSA) is 61.4 Å². The van der Waals surface area contributed by atoms with Crippen LogP contribution >= 0.6 is 0 Å². The lowest BCUT2D eigenvalue weighted by atomic mass is 10.1. The first-order valence-corrected chi connectivity index (χ1v) is 4.90. The molecule has 16 heavy (non-hydrogen) atoms. The molecule has 0 amide bonds. The lowest BCUT2D eigenvalue weighted by Gasteiger charge is -2.00. The number of hydrogen-bond acceptors (Lipinski definition) is 3. The summed E-state index contributed by atoms with van der Waals surface area (Å²) in [6.45, 7) is 1.82. The third-order valence-corrected chi connectivity index (χ3v) is 2.34. The monoisotopic (exact) mass is 218 g/mol. The Morgan fingerprint density at radius 3 is 2.50 bits per heavy atom. The lowest BCUT2D eigenvalue weighted by Crippen LogP contribution is -2.36. The Hall–Kier alpha value is -2.10. The summed E-state index contributed by atoms with van der Waals surface area (Å²) in [6.07, 6.45) is 3.52. The molecular weight excluding hydrogens is 206 g/mol. The summed E-state index contributed by atoms with van der Waals surface area (Å²) in [5, 5.41) is 20.3. The number of phenols is 2. The maximum atomic E-state index is 11.0. The minimum absolute atomic E-state index is 0.0624. The van der Waals surface area contributed by atoms with Gasteiger partial charge in [-0.05, 0) is 17.5 Å². The number of pyridine rings is 1. The Morgan fingerprint density at radius 2 is 1.88 bits per heavy atom. The standard InChI is InChI=1S/C12H11NO3/c1-8(14)6-13-3-2-9-4-11(15)12(16)5-10(9)7-13/h2-5,7,16H,6H2,1H3/p+1. The van der Waals surface area contributed by atoms with Gasteiger partial charge >= 0.3 is 0 Å². The molecule has 2 aromatic rings. The summed E-state index contributed by atoms with van der Waals surface area (Å²) in [6, 6.07) is 4.75. The molecule has 1 aromatic heterocycles. The van der Waals surface area contributed by atoms with Gasteiger partial charge in [-0.3, -0.25) is 4.79 Å². The fraction of sp³-hybridized carbons (Fsp3) is 0.167. The van der Waals surface area contributed by atoms with Crippen LogP contribution in [0.25, 0.3) is 10.8 Å². The fourth-order valence-corrected chi connectivity index (χ4v) is 1.62. The number of ketones is 1. The Morgan fingerprint density at radius 1 is 1.25 bits per heavy atom. The van der Waals surface area contributed by atoms with Crippen molar-refractivity contribution in [2.75, 3.05) is 0 Å². The molecule has 0 saturated heterocycles. The third-order valence-electron chi connectivity index (χ3n) is 2.34. The van der Waals surface area contributed by atoms with Crippen molar-refractivity contribution in [3.8, 4) is 11.5 Å². The van der Waals surface area contributed by atoms with Crippen LogP contribution in [0.15, 0.2) is 30.6 Å². The molecule has 0 unspecified atom stereocenters. The summed E-state index contributed by atoms with van der Waals surface area (Å²) < 4.78 is 1.74. The molecule has 0 radical (unpaired) electrons. The van der Waals surface area contributed by atoms with Crippen molar-refractivity contribution in [3.05, 3.63) is 30.6 Å². The van der Waals surface area contributed by atoms with Crippen molar-refractivity contribution in [1.82, 2.24) is 0 Å². The molecule has 0 spiro atoms. The number of fused-ring (bicyclic) bond motifs is 1. The Labute approximate surface area is 92.4 Å². The largest absolute Gasteiger partial charge is 0.504 e. The van der Waals surface area contributed by atoms with E-state index in [1.807, 2.05) is 0 Å². The van der Waals surface area contributed by atoms with Crippen LogP contribution in [-0.4, -0.2) is 16.0 Å². The predicted molar refractivity (Wildman–Crippen MR) is 58.2 cm³/mol. The first-order chi connectivity index (χ1) is 7.56. The van der Waals surface area contributed by atoms with Gasteiger partial charge in [0.25, 0.3) is 0 Å². The van der Waals surface area contributed by atoms with Crippen LogP contribution in [0.3, 0.4) is 0 Å². The fourth-order valence-electron chi connectivity index (χ4n) is 1.62. The maximum absolute atomic E-state index is 11.0. The normalized spacial score (nSPS) is 10.6. The zero-order valence-corrected chi connectivity index (χ0v) is 8.84. The predicted octanol–water partition coefficient (Wildman–Crippen LogP) is 1.13. The summed E-state index contributed by atoms with van der Waals surface area (Å²) in [5.41, 5.74) is 0. The molecule has 4 heteroatoms. The van der Waals surface area contributed by atoms with E-state index in [0.717, 1.165) is 10.8 Å². The minimum atomic E-state index is -0.159. The molecule has 1 aromatic carbocycles. The molecule has 0 aliphatic rings. The van der Waals surface area contributed by atoms with Crippen molar-refractivity contribution >= 4 is 16.6 Å². The molecule has 2 rings (SSSR count). The second-order valence-corrected chi connectivity index (χ2v) is 3.79. The van der Waals surface area contributed by atoms with E-state index in [1.165, 1.54) is 19.1 Å². The van der Waals surface area contributed by atoms with Crippen molar-refractivity contribution in [2.24, 2.45) is 0 Å². The number of benzene rings is 1. The van der Waals surface area contributed by atoms with Gasteiger partial charge in [-0.1, -0.05) is 0 Å². The van der Waals surface area contributed by atoms with Crippen LogP contribution in [0.4, 0.5) is 0 Å². The number of phenolic OH excluding ortho intramolecular Hbond substituents is 2. The van der Waals surface area contributed by atoms with Gasteiger partial charge in [0.2, 0.25) is 6.54 Å². The van der Waals surface area contributed by atoms with Gasteiger partial charge < -0.3 is 10.2 Å². The first-order valence-electron chi connectivity index (χ1n) is 4.90. The molecule has 4 nitrogen and oxygen atoms in total. The van der Waals surface area contributed by atoms with E-state index in [9.17, 15) is 15.0 Å². The lowest BCUT2D eigenvalue weighted by molar-refractivity contribution is -0.682. The van der Waals surface area contributed by atoms with E-state index in [2.05, 4.69) is 0 Å². The second-order valence-electron chi connectivity index (χ2n) is 3.79. The number of aromatic nitrogens is 1. The van der Waals surface area contributed by atoms with Crippen molar-refractivity contribution in [3.63, 3.8) is 0 Å². The van der Waals surface area contributed by atoms with Crippen LogP contribution < -0.4 is 4.57 Å². The van der Waals surface area contributed by atoms with Crippen molar-refractivity contribution < 1.29 is 19.6 Å². The van der Waals surface area contributed by atoms with E-state index >= 15 is 0 Å². The van der Waals surface area contributed by atoms with Gasteiger partial charge in [-0.15, -0.1) is 0 Å². The highest BCUT2D eigenvalue weighted by atomic mass is 16.3. The highest BCUT2D eigenvalue weighted by molar-refractivity contribution is 5.84. The van der Waals surface area contributed by atoms with Crippen molar-refractivity contribution in [2.45, 2.75) is 13.5 Å². The highest BCUT2D eigenvalue weighted by Crippen LogP contribution is 2.28. The van der Waals surface area contributed by atoms with E-state index in [-0.39, 0.29) is 17.3 Å². The second kappa shape index (κ2) is 3.81. The van der Waals surface area contributed by atoms with Gasteiger partial charge in [0.05, 0.1) is 0 Å². The van der Waals surface area contributed by atoms with Crippen LogP contribution in [-0.2, 0) is 11.3 Å². The van der Waals surface area contributed by atoms with E-state index in [4.69, 9.17) is 0 Å². The molecule has 0 aliphatic heterocycles. The van der Waals surface area contributed by atoms with Crippen molar-refractivity contribution in [1.29, 1.82) is 0 Å². The van der Waals surface area contributed by atoms with Crippen LogP contribution in [0, 0.1) is 0 Å². The van der Waals surface area contributed by atoms with E-state index in [1.54, 1.807) is 23.0 Å². The molecule has 0 saturated carbocycles. The van der Waals surface area contributed by atoms with Gasteiger partial charge in [0.1, 0.15) is 0 Å². The average molecular weight is 218 g/mol. The average Bonchev–Trinajstić information content (AvgIpc) is 2.19. The molecule has 0 fully saturated rings. The highest BCUT2D eigenvalue weighted by Gasteiger charge is 2.08.